The molecule has 0 N–H and O–H groups in total. The summed E-state index contributed by atoms with van der Waals surface area (Å²) in [5, 5.41) is 0. The first-order valence-corrected chi connectivity index (χ1v) is 5.59. The van der Waals surface area contributed by atoms with Crippen molar-refractivity contribution in [1.29, 1.82) is 0 Å². The van der Waals surface area contributed by atoms with Gasteiger partial charge in [0.05, 0.1) is 17.1 Å². The van der Waals surface area contributed by atoms with Gasteiger partial charge in [-0.15, -0.1) is 0 Å². The molecular formula is C9H9NaO5S. The van der Waals surface area contributed by atoms with Crippen molar-refractivity contribution in [1.82, 2.24) is 0 Å². The van der Waals surface area contributed by atoms with Gasteiger partial charge in [-0.1, -0.05) is 6.07 Å². The average Bonchev–Trinajstić information content (AvgIpc) is 2.17. The molecular weight excluding hydrogens is 243 g/mol. The van der Waals surface area contributed by atoms with Crippen LogP contribution < -0.4 is 29.6 Å². The number of esters is 1. The molecule has 82 valence electrons. The van der Waals surface area contributed by atoms with Crippen molar-refractivity contribution in [3.8, 4) is 0 Å². The maximum Gasteiger partial charge on any atom is 1.00 e. The van der Waals surface area contributed by atoms with E-state index in [0.29, 0.717) is 0 Å². The molecule has 1 aromatic carbocycles. The summed E-state index contributed by atoms with van der Waals surface area (Å²) in [5.74, 6) is -0.650. The zero-order valence-electron chi connectivity index (χ0n) is 8.97. The van der Waals surface area contributed by atoms with Gasteiger partial charge in [-0.25, -0.2) is 13.2 Å². The Balaban J connectivity index is 0.00000225. The molecule has 0 amide bonds. The van der Waals surface area contributed by atoms with Crippen LogP contribution in [0.15, 0.2) is 29.2 Å². The smallest absolute Gasteiger partial charge is 0.744 e. The molecule has 0 radical (unpaired) electrons. The largest absolute Gasteiger partial charge is 1.00 e. The summed E-state index contributed by atoms with van der Waals surface area (Å²) in [6, 6.07) is 4.83. The molecule has 0 bridgehead atoms. The van der Waals surface area contributed by atoms with E-state index in [1.807, 2.05) is 0 Å². The van der Waals surface area contributed by atoms with E-state index in [0.717, 1.165) is 12.1 Å². The molecule has 0 saturated carbocycles. The maximum atomic E-state index is 11.2. The Labute approximate surface area is 116 Å². The second-order valence-electron chi connectivity index (χ2n) is 2.70. The van der Waals surface area contributed by atoms with Gasteiger partial charge < -0.3 is 9.29 Å². The number of ether oxygens (including phenoxy) is 1. The van der Waals surface area contributed by atoms with Crippen LogP contribution >= 0.6 is 0 Å². The third-order valence-electron chi connectivity index (χ3n) is 1.63. The standard InChI is InChI=1S/C9H10O5S.Na/c1-2-14-9(10)7-4-3-5-8(6-7)15(11,12)13;/h3-6H,2H2,1H3,(H,11,12,13);/q;+1/p-1. The molecule has 0 aliphatic rings. The fourth-order valence-corrected chi connectivity index (χ4v) is 1.51. The number of carbonyl (C=O) groups is 1. The van der Waals surface area contributed by atoms with Crippen LogP contribution in [0.4, 0.5) is 0 Å². The third kappa shape index (κ3) is 4.23. The van der Waals surface area contributed by atoms with Crippen LogP contribution in [0.2, 0.25) is 0 Å². The zero-order valence-corrected chi connectivity index (χ0v) is 11.8. The summed E-state index contributed by atoms with van der Waals surface area (Å²) >= 11 is 0. The van der Waals surface area contributed by atoms with Crippen LogP contribution in [0.25, 0.3) is 0 Å². The summed E-state index contributed by atoms with van der Waals surface area (Å²) in [4.78, 5) is 10.8. The number of hydrogen-bond donors (Lipinski definition) is 0. The predicted octanol–water partition coefficient (Wildman–Crippen LogP) is -2.23. The second kappa shape index (κ2) is 6.36. The van der Waals surface area contributed by atoms with E-state index in [4.69, 9.17) is 0 Å². The van der Waals surface area contributed by atoms with Crippen LogP contribution in [0.1, 0.15) is 17.3 Å². The van der Waals surface area contributed by atoms with Gasteiger partial charge in [-0.05, 0) is 25.1 Å². The van der Waals surface area contributed by atoms with Gasteiger partial charge in [0.15, 0.2) is 0 Å². The van der Waals surface area contributed by atoms with E-state index >= 15 is 0 Å². The maximum absolute atomic E-state index is 11.2. The summed E-state index contributed by atoms with van der Waals surface area (Å²) in [6.45, 7) is 1.82. The summed E-state index contributed by atoms with van der Waals surface area (Å²) in [5.41, 5.74) is 0.0498. The Hall–Kier alpha value is -0.400. The first kappa shape index (κ1) is 15.6. The molecule has 0 fully saturated rings. The van der Waals surface area contributed by atoms with Gasteiger partial charge in [-0.2, -0.15) is 0 Å². The molecule has 0 aliphatic heterocycles. The van der Waals surface area contributed by atoms with Gasteiger partial charge in [0, 0.05) is 0 Å². The Bertz CT molecular complexity index is 469. The van der Waals surface area contributed by atoms with Crippen molar-refractivity contribution in [3.05, 3.63) is 29.8 Å². The molecule has 5 nitrogen and oxygen atoms in total. The molecule has 0 atom stereocenters. The van der Waals surface area contributed by atoms with Crippen LogP contribution in [0.3, 0.4) is 0 Å². The van der Waals surface area contributed by atoms with E-state index in [-0.39, 0.29) is 41.7 Å². The zero-order chi connectivity index (χ0) is 11.5. The van der Waals surface area contributed by atoms with Gasteiger partial charge in [-0.3, -0.25) is 0 Å². The van der Waals surface area contributed by atoms with E-state index in [9.17, 15) is 17.8 Å². The van der Waals surface area contributed by atoms with Gasteiger partial charge in [0.1, 0.15) is 10.1 Å². The number of carbonyl (C=O) groups excluding carboxylic acids is 1. The molecule has 0 unspecified atom stereocenters. The molecule has 1 aromatic rings. The Morgan fingerprint density at radius 2 is 2.06 bits per heavy atom. The first-order valence-electron chi connectivity index (χ1n) is 4.18. The SMILES string of the molecule is CCOC(=O)c1cccc(S(=O)(=O)[O-])c1.[Na+]. The molecule has 1 rings (SSSR count). The van der Waals surface area contributed by atoms with E-state index in [1.54, 1.807) is 6.92 Å². The van der Waals surface area contributed by atoms with Crippen molar-refractivity contribution >= 4 is 16.1 Å². The van der Waals surface area contributed by atoms with Crippen LogP contribution in [0.5, 0.6) is 0 Å². The normalized spacial score (nSPS) is 10.4. The molecule has 0 aromatic heterocycles. The average molecular weight is 252 g/mol. The minimum atomic E-state index is -4.53. The predicted molar refractivity (Wildman–Crippen MR) is 50.4 cm³/mol. The van der Waals surface area contributed by atoms with E-state index < -0.39 is 21.0 Å². The summed E-state index contributed by atoms with van der Waals surface area (Å²) in [7, 11) is -4.53. The van der Waals surface area contributed by atoms with Crippen LogP contribution in [-0.2, 0) is 14.9 Å². The molecule has 0 saturated heterocycles. The molecule has 7 heteroatoms. The van der Waals surface area contributed by atoms with Crippen molar-refractivity contribution in [2.24, 2.45) is 0 Å². The van der Waals surface area contributed by atoms with Crippen molar-refractivity contribution < 1.29 is 52.1 Å². The fourth-order valence-electron chi connectivity index (χ4n) is 0.993. The monoisotopic (exact) mass is 252 g/mol. The molecule has 0 aliphatic carbocycles. The number of hydrogen-bond acceptors (Lipinski definition) is 5. The van der Waals surface area contributed by atoms with Gasteiger partial charge >= 0.3 is 35.5 Å². The number of benzene rings is 1. The molecule has 16 heavy (non-hydrogen) atoms. The molecule has 0 spiro atoms. The second-order valence-corrected chi connectivity index (χ2v) is 4.08. The summed E-state index contributed by atoms with van der Waals surface area (Å²) in [6.07, 6.45) is 0. The number of rotatable bonds is 3. The van der Waals surface area contributed by atoms with Gasteiger partial charge in [0.2, 0.25) is 0 Å². The quantitative estimate of drug-likeness (QED) is 0.345. The minimum absolute atomic E-state index is 0. The minimum Gasteiger partial charge on any atom is -0.744 e. The summed E-state index contributed by atoms with van der Waals surface area (Å²) < 4.78 is 36.6. The van der Waals surface area contributed by atoms with Gasteiger partial charge in [0.25, 0.3) is 0 Å². The van der Waals surface area contributed by atoms with E-state index in [1.165, 1.54) is 12.1 Å². The van der Waals surface area contributed by atoms with Crippen molar-refractivity contribution in [2.75, 3.05) is 6.61 Å². The van der Waals surface area contributed by atoms with Crippen LogP contribution in [0, 0.1) is 0 Å². The van der Waals surface area contributed by atoms with Crippen molar-refractivity contribution in [3.63, 3.8) is 0 Å². The Kier molecular flexibility index (Phi) is 6.20. The van der Waals surface area contributed by atoms with Crippen LogP contribution in [-0.4, -0.2) is 25.5 Å². The first-order chi connectivity index (χ1) is 6.95. The topological polar surface area (TPSA) is 83.5 Å². The van der Waals surface area contributed by atoms with E-state index in [2.05, 4.69) is 4.74 Å². The fraction of sp³-hybridized carbons (Fsp3) is 0.222. The third-order valence-corrected chi connectivity index (χ3v) is 2.47. The molecule has 0 heterocycles. The van der Waals surface area contributed by atoms with Crippen molar-refractivity contribution in [2.45, 2.75) is 11.8 Å². The Morgan fingerprint density at radius 1 is 1.44 bits per heavy atom. The Morgan fingerprint density at radius 3 is 2.56 bits per heavy atom.